The molecule has 0 aromatic heterocycles. The van der Waals surface area contributed by atoms with Crippen LogP contribution in [0.25, 0.3) is 0 Å². The highest BCUT2D eigenvalue weighted by Crippen LogP contribution is 2.36. The van der Waals surface area contributed by atoms with Gasteiger partial charge in [-0.25, -0.2) is 0 Å². The standard InChI is InChI=1S/C20H24N2O5/c1-20(27-18-9-8-16(22(23)24)14-19(18)25-2)10-11-21(15-20)12-13-26-17-6-4-3-5-7-17/h3-9,14H,10-13,15H2,1-2H3. The van der Waals surface area contributed by atoms with Crippen LogP contribution in [0, 0.1) is 10.1 Å². The number of benzene rings is 2. The largest absolute Gasteiger partial charge is 0.493 e. The predicted octanol–water partition coefficient (Wildman–Crippen LogP) is 3.53. The number of nitro benzene ring substituents is 1. The highest BCUT2D eigenvalue weighted by atomic mass is 16.6. The van der Waals surface area contributed by atoms with E-state index in [2.05, 4.69) is 4.90 Å². The topological polar surface area (TPSA) is 74.1 Å². The lowest BCUT2D eigenvalue weighted by atomic mass is 10.1. The Labute approximate surface area is 158 Å². The summed E-state index contributed by atoms with van der Waals surface area (Å²) >= 11 is 0. The third-order valence-electron chi connectivity index (χ3n) is 4.65. The van der Waals surface area contributed by atoms with Crippen LogP contribution < -0.4 is 14.2 Å². The van der Waals surface area contributed by atoms with Crippen LogP contribution in [-0.4, -0.2) is 48.8 Å². The average Bonchev–Trinajstić information content (AvgIpc) is 3.03. The van der Waals surface area contributed by atoms with Crippen LogP contribution in [0.1, 0.15) is 13.3 Å². The van der Waals surface area contributed by atoms with Gasteiger partial charge in [0.2, 0.25) is 0 Å². The van der Waals surface area contributed by atoms with Crippen molar-refractivity contribution >= 4 is 5.69 Å². The number of nitrogens with zero attached hydrogens (tertiary/aromatic N) is 2. The van der Waals surface area contributed by atoms with Crippen LogP contribution in [0.2, 0.25) is 0 Å². The highest BCUT2D eigenvalue weighted by molar-refractivity contribution is 5.48. The van der Waals surface area contributed by atoms with Gasteiger partial charge in [0.15, 0.2) is 11.5 Å². The van der Waals surface area contributed by atoms with Crippen LogP contribution in [0.4, 0.5) is 5.69 Å². The maximum absolute atomic E-state index is 10.9. The number of nitro groups is 1. The molecular weight excluding hydrogens is 348 g/mol. The first-order chi connectivity index (χ1) is 13.0. The lowest BCUT2D eigenvalue weighted by Crippen LogP contribution is -2.37. The van der Waals surface area contributed by atoms with Crippen LogP contribution in [-0.2, 0) is 0 Å². The maximum atomic E-state index is 10.9. The molecule has 1 fully saturated rings. The van der Waals surface area contributed by atoms with Gasteiger partial charge in [-0.15, -0.1) is 0 Å². The van der Waals surface area contributed by atoms with E-state index in [1.807, 2.05) is 37.3 Å². The number of likely N-dealkylation sites (tertiary alicyclic amines) is 1. The van der Waals surface area contributed by atoms with Gasteiger partial charge in [-0.05, 0) is 25.1 Å². The zero-order valence-corrected chi connectivity index (χ0v) is 15.6. The first-order valence-corrected chi connectivity index (χ1v) is 8.91. The second-order valence-electron chi connectivity index (χ2n) is 6.83. The van der Waals surface area contributed by atoms with E-state index in [0.29, 0.717) is 18.1 Å². The van der Waals surface area contributed by atoms with Gasteiger partial charge in [0.1, 0.15) is 18.0 Å². The molecule has 1 heterocycles. The van der Waals surface area contributed by atoms with Gasteiger partial charge in [-0.3, -0.25) is 15.0 Å². The van der Waals surface area contributed by atoms with Crippen molar-refractivity contribution in [2.75, 3.05) is 33.4 Å². The van der Waals surface area contributed by atoms with Crippen molar-refractivity contribution in [2.24, 2.45) is 0 Å². The van der Waals surface area contributed by atoms with Crippen LogP contribution >= 0.6 is 0 Å². The summed E-state index contributed by atoms with van der Waals surface area (Å²) in [6.45, 7) is 5.13. The SMILES string of the molecule is COc1cc([N+](=O)[O-])ccc1OC1(C)CCN(CCOc2ccccc2)C1. The minimum atomic E-state index is -0.446. The van der Waals surface area contributed by atoms with Gasteiger partial charge >= 0.3 is 0 Å². The zero-order valence-electron chi connectivity index (χ0n) is 15.6. The molecule has 0 radical (unpaired) electrons. The second-order valence-corrected chi connectivity index (χ2v) is 6.83. The number of methoxy groups -OCH3 is 1. The molecule has 0 amide bonds. The molecule has 7 nitrogen and oxygen atoms in total. The van der Waals surface area contributed by atoms with Gasteiger partial charge in [0.25, 0.3) is 5.69 Å². The van der Waals surface area contributed by atoms with Gasteiger partial charge < -0.3 is 14.2 Å². The van der Waals surface area contributed by atoms with E-state index in [-0.39, 0.29) is 11.3 Å². The summed E-state index contributed by atoms with van der Waals surface area (Å²) < 4.78 is 17.2. The monoisotopic (exact) mass is 372 g/mol. The van der Waals surface area contributed by atoms with Crippen LogP contribution in [0.5, 0.6) is 17.2 Å². The molecule has 0 N–H and O–H groups in total. The van der Waals surface area contributed by atoms with Crippen molar-refractivity contribution < 1.29 is 19.1 Å². The summed E-state index contributed by atoms with van der Waals surface area (Å²) in [6.07, 6.45) is 0.860. The number of ether oxygens (including phenoxy) is 3. The summed E-state index contributed by atoms with van der Waals surface area (Å²) in [5.41, 5.74) is -0.397. The molecule has 1 aliphatic rings. The normalized spacial score (nSPS) is 19.6. The molecule has 1 unspecified atom stereocenters. The summed E-state index contributed by atoms with van der Waals surface area (Å²) in [4.78, 5) is 12.8. The second kappa shape index (κ2) is 8.26. The molecule has 1 saturated heterocycles. The molecule has 1 aliphatic heterocycles. The fourth-order valence-corrected chi connectivity index (χ4v) is 3.23. The average molecular weight is 372 g/mol. The Balaban J connectivity index is 1.56. The molecule has 3 rings (SSSR count). The van der Waals surface area contributed by atoms with E-state index in [1.165, 1.54) is 19.2 Å². The first-order valence-electron chi connectivity index (χ1n) is 8.91. The molecule has 0 aliphatic carbocycles. The smallest absolute Gasteiger partial charge is 0.273 e. The lowest BCUT2D eigenvalue weighted by molar-refractivity contribution is -0.385. The molecule has 0 bridgehead atoms. The first kappa shape index (κ1) is 19.0. The van der Waals surface area contributed by atoms with Crippen molar-refractivity contribution in [1.82, 2.24) is 4.90 Å². The Bertz CT molecular complexity index is 783. The Morgan fingerprint density at radius 1 is 1.19 bits per heavy atom. The molecule has 7 heteroatoms. The third-order valence-corrected chi connectivity index (χ3v) is 4.65. The molecule has 2 aromatic carbocycles. The summed E-state index contributed by atoms with van der Waals surface area (Å²) in [5, 5.41) is 10.9. The summed E-state index contributed by atoms with van der Waals surface area (Å²) in [7, 11) is 1.48. The highest BCUT2D eigenvalue weighted by Gasteiger charge is 2.36. The molecule has 27 heavy (non-hydrogen) atoms. The number of para-hydroxylation sites is 1. The zero-order chi connectivity index (χ0) is 19.3. The van der Waals surface area contributed by atoms with Gasteiger partial charge in [-0.1, -0.05) is 18.2 Å². The fraction of sp³-hybridized carbons (Fsp3) is 0.400. The molecule has 0 spiro atoms. The molecule has 144 valence electrons. The van der Waals surface area contributed by atoms with Crippen molar-refractivity contribution in [3.63, 3.8) is 0 Å². The lowest BCUT2D eigenvalue weighted by Gasteiger charge is -2.27. The van der Waals surface area contributed by atoms with Gasteiger partial charge in [0, 0.05) is 32.1 Å². The predicted molar refractivity (Wildman–Crippen MR) is 102 cm³/mol. The number of rotatable bonds is 8. The maximum Gasteiger partial charge on any atom is 0.273 e. The summed E-state index contributed by atoms with van der Waals surface area (Å²) in [5.74, 6) is 1.76. The third kappa shape index (κ3) is 4.89. The Morgan fingerprint density at radius 3 is 2.67 bits per heavy atom. The van der Waals surface area contributed by atoms with E-state index in [4.69, 9.17) is 14.2 Å². The van der Waals surface area contributed by atoms with E-state index >= 15 is 0 Å². The van der Waals surface area contributed by atoms with Gasteiger partial charge in [0.05, 0.1) is 18.1 Å². The Morgan fingerprint density at radius 2 is 1.96 bits per heavy atom. The molecular formula is C20H24N2O5. The van der Waals surface area contributed by atoms with E-state index in [1.54, 1.807) is 6.07 Å². The summed E-state index contributed by atoms with van der Waals surface area (Å²) in [6, 6.07) is 14.2. The van der Waals surface area contributed by atoms with Crippen LogP contribution in [0.3, 0.4) is 0 Å². The number of hydrogen-bond acceptors (Lipinski definition) is 6. The van der Waals surface area contributed by atoms with Crippen molar-refractivity contribution in [1.29, 1.82) is 0 Å². The Kier molecular flexibility index (Phi) is 5.81. The van der Waals surface area contributed by atoms with E-state index in [9.17, 15) is 10.1 Å². The number of hydrogen-bond donors (Lipinski definition) is 0. The van der Waals surface area contributed by atoms with Crippen molar-refractivity contribution in [3.05, 3.63) is 58.6 Å². The molecule has 1 atom stereocenters. The van der Waals surface area contributed by atoms with Gasteiger partial charge in [-0.2, -0.15) is 0 Å². The molecule has 2 aromatic rings. The van der Waals surface area contributed by atoms with E-state index in [0.717, 1.165) is 31.8 Å². The minimum Gasteiger partial charge on any atom is -0.493 e. The van der Waals surface area contributed by atoms with Crippen LogP contribution in [0.15, 0.2) is 48.5 Å². The number of non-ortho nitro benzene ring substituents is 1. The molecule has 0 saturated carbocycles. The van der Waals surface area contributed by atoms with Crippen molar-refractivity contribution in [3.8, 4) is 17.2 Å². The van der Waals surface area contributed by atoms with Crippen molar-refractivity contribution in [2.45, 2.75) is 18.9 Å². The Hall–Kier alpha value is -2.80. The fourth-order valence-electron chi connectivity index (χ4n) is 3.23. The minimum absolute atomic E-state index is 0.0181. The van der Waals surface area contributed by atoms with E-state index < -0.39 is 4.92 Å². The quantitative estimate of drug-likeness (QED) is 0.521.